The molecule has 0 aromatic heterocycles. The normalized spacial score (nSPS) is 31.5. The first-order valence-corrected chi connectivity index (χ1v) is 9.22. The minimum atomic E-state index is -0.599. The lowest BCUT2D eigenvalue weighted by atomic mass is 9.81. The zero-order valence-corrected chi connectivity index (χ0v) is 16.3. The molecule has 0 radical (unpaired) electrons. The van der Waals surface area contributed by atoms with E-state index in [0.29, 0.717) is 11.8 Å². The Balaban J connectivity index is 2.02. The summed E-state index contributed by atoms with van der Waals surface area (Å²) in [5, 5.41) is 0. The van der Waals surface area contributed by atoms with E-state index in [1.54, 1.807) is 12.2 Å². The monoisotopic (exact) mass is 366 g/mol. The van der Waals surface area contributed by atoms with E-state index in [2.05, 4.69) is 26.8 Å². The lowest BCUT2D eigenvalue weighted by Gasteiger charge is -2.36. The number of esters is 2. The van der Waals surface area contributed by atoms with Crippen LogP contribution in [0.4, 0.5) is 0 Å². The first-order chi connectivity index (χ1) is 12.3. The third kappa shape index (κ3) is 5.95. The summed E-state index contributed by atoms with van der Waals surface area (Å²) in [6.07, 6.45) is 6.00. The number of hydrogen-bond acceptors (Lipinski definition) is 6. The third-order valence-electron chi connectivity index (χ3n) is 4.89. The molecule has 0 fully saturated rings. The molecular weight excluding hydrogens is 336 g/mol. The van der Waals surface area contributed by atoms with E-state index in [9.17, 15) is 9.59 Å². The maximum atomic E-state index is 11.3. The summed E-state index contributed by atoms with van der Waals surface area (Å²) in [5.41, 5.74) is 1.21. The molecule has 0 aromatic rings. The van der Waals surface area contributed by atoms with Gasteiger partial charge in [0.25, 0.3) is 0 Å². The molecule has 0 N–H and O–H groups in total. The quantitative estimate of drug-likeness (QED) is 0.531. The van der Waals surface area contributed by atoms with Crippen LogP contribution in [-0.2, 0) is 28.5 Å². The van der Waals surface area contributed by atoms with E-state index in [4.69, 9.17) is 18.9 Å². The fourth-order valence-electron chi connectivity index (χ4n) is 3.23. The van der Waals surface area contributed by atoms with Crippen LogP contribution in [0.1, 0.15) is 47.5 Å². The van der Waals surface area contributed by atoms with E-state index in [0.717, 1.165) is 12.8 Å². The van der Waals surface area contributed by atoms with Crippen molar-refractivity contribution in [3.8, 4) is 0 Å². The highest BCUT2D eigenvalue weighted by molar-refractivity contribution is 5.66. The number of carbonyl (C=O) groups is 2. The minimum Gasteiger partial charge on any atom is -0.463 e. The molecule has 0 saturated carbocycles. The summed E-state index contributed by atoms with van der Waals surface area (Å²) < 4.78 is 22.3. The predicted molar refractivity (Wildman–Crippen MR) is 96.2 cm³/mol. The first-order valence-electron chi connectivity index (χ1n) is 9.22. The van der Waals surface area contributed by atoms with Gasteiger partial charge < -0.3 is 18.9 Å². The zero-order chi connectivity index (χ0) is 19.3. The van der Waals surface area contributed by atoms with Gasteiger partial charge in [-0.25, -0.2) is 0 Å². The second-order valence-corrected chi connectivity index (χ2v) is 7.35. The molecule has 6 heteroatoms. The van der Waals surface area contributed by atoms with Crippen molar-refractivity contribution in [1.82, 2.24) is 0 Å². The third-order valence-corrected chi connectivity index (χ3v) is 4.89. The first kappa shape index (κ1) is 20.6. The van der Waals surface area contributed by atoms with E-state index in [1.165, 1.54) is 19.4 Å². The Hall–Kier alpha value is -1.66. The van der Waals surface area contributed by atoms with Crippen LogP contribution in [0, 0.1) is 11.8 Å². The van der Waals surface area contributed by atoms with Crippen molar-refractivity contribution in [2.45, 2.75) is 72.1 Å². The van der Waals surface area contributed by atoms with Gasteiger partial charge in [-0.2, -0.15) is 0 Å². The van der Waals surface area contributed by atoms with Crippen LogP contribution < -0.4 is 0 Å². The Morgan fingerprint density at radius 2 is 1.96 bits per heavy atom. The molecule has 26 heavy (non-hydrogen) atoms. The molecule has 0 bridgehead atoms. The van der Waals surface area contributed by atoms with E-state index in [1.807, 2.05) is 0 Å². The number of ether oxygens (including phenoxy) is 4. The molecule has 5 atom stereocenters. The maximum Gasteiger partial charge on any atom is 0.303 e. The van der Waals surface area contributed by atoms with Crippen molar-refractivity contribution in [2.75, 3.05) is 6.61 Å². The molecule has 1 aliphatic heterocycles. The van der Waals surface area contributed by atoms with Gasteiger partial charge >= 0.3 is 11.9 Å². The van der Waals surface area contributed by atoms with Gasteiger partial charge in [-0.05, 0) is 49.3 Å². The summed E-state index contributed by atoms with van der Waals surface area (Å²) >= 11 is 0. The Kier molecular flexibility index (Phi) is 7.41. The molecule has 0 amide bonds. The van der Waals surface area contributed by atoms with Gasteiger partial charge in [0.05, 0.1) is 6.10 Å². The predicted octanol–water partition coefficient (Wildman–Crippen LogP) is 3.16. The summed E-state index contributed by atoms with van der Waals surface area (Å²) in [5.74, 6) is 0.356. The van der Waals surface area contributed by atoms with Crippen molar-refractivity contribution in [1.29, 1.82) is 0 Å². The summed E-state index contributed by atoms with van der Waals surface area (Å²) in [6, 6.07) is 0. The van der Waals surface area contributed by atoms with Crippen LogP contribution in [0.5, 0.6) is 0 Å². The number of allylic oxidation sites excluding steroid dienone is 1. The average Bonchev–Trinajstić information content (AvgIpc) is 2.56. The summed E-state index contributed by atoms with van der Waals surface area (Å²) in [4.78, 5) is 22.4. The lowest BCUT2D eigenvalue weighted by Crippen LogP contribution is -2.43. The standard InChI is InChI=1S/C20H30O6/c1-12(2)16-7-6-13(3)18(10-16)25-20-9-8-17(24-15(5)22)19(26-20)11-23-14(4)21/h6,8-9,12,16-20H,7,10-11H2,1-5H3/t16-,17+,18-,19-,20+/m1/s1. The second kappa shape index (κ2) is 9.33. The Labute approximate surface area is 155 Å². The van der Waals surface area contributed by atoms with Gasteiger partial charge in [0.2, 0.25) is 0 Å². The summed E-state index contributed by atoms with van der Waals surface area (Å²) in [6.45, 7) is 9.20. The van der Waals surface area contributed by atoms with Gasteiger partial charge in [-0.1, -0.05) is 19.9 Å². The van der Waals surface area contributed by atoms with Crippen LogP contribution in [-0.4, -0.2) is 43.1 Å². The Bertz CT molecular complexity index is 565. The fraction of sp³-hybridized carbons (Fsp3) is 0.700. The fourth-order valence-corrected chi connectivity index (χ4v) is 3.23. The summed E-state index contributed by atoms with van der Waals surface area (Å²) in [7, 11) is 0. The van der Waals surface area contributed by atoms with E-state index >= 15 is 0 Å². The van der Waals surface area contributed by atoms with Crippen molar-refractivity contribution in [3.63, 3.8) is 0 Å². The molecule has 146 valence electrons. The molecule has 0 unspecified atom stereocenters. The number of rotatable bonds is 6. The molecule has 1 aliphatic carbocycles. The largest absolute Gasteiger partial charge is 0.463 e. The minimum absolute atomic E-state index is 0.00554. The molecule has 2 rings (SSSR count). The van der Waals surface area contributed by atoms with Crippen molar-refractivity contribution in [2.24, 2.45) is 11.8 Å². The second-order valence-electron chi connectivity index (χ2n) is 7.35. The number of hydrogen-bond donors (Lipinski definition) is 0. The van der Waals surface area contributed by atoms with E-state index in [-0.39, 0.29) is 12.7 Å². The highest BCUT2D eigenvalue weighted by Gasteiger charge is 2.33. The van der Waals surface area contributed by atoms with Gasteiger partial charge in [0, 0.05) is 13.8 Å². The highest BCUT2D eigenvalue weighted by Crippen LogP contribution is 2.32. The maximum absolute atomic E-state index is 11.3. The van der Waals surface area contributed by atoms with Crippen molar-refractivity contribution >= 4 is 11.9 Å². The Morgan fingerprint density at radius 1 is 1.23 bits per heavy atom. The lowest BCUT2D eigenvalue weighted by molar-refractivity contribution is -0.207. The molecular formula is C20H30O6. The molecule has 0 saturated heterocycles. The van der Waals surface area contributed by atoms with Crippen LogP contribution in [0.15, 0.2) is 23.8 Å². The zero-order valence-electron chi connectivity index (χ0n) is 16.3. The van der Waals surface area contributed by atoms with Crippen LogP contribution in [0.2, 0.25) is 0 Å². The molecule has 6 nitrogen and oxygen atoms in total. The van der Waals surface area contributed by atoms with Crippen LogP contribution in [0.3, 0.4) is 0 Å². The van der Waals surface area contributed by atoms with Crippen LogP contribution >= 0.6 is 0 Å². The van der Waals surface area contributed by atoms with Crippen molar-refractivity contribution in [3.05, 3.63) is 23.8 Å². The highest BCUT2D eigenvalue weighted by atomic mass is 16.7. The topological polar surface area (TPSA) is 71.1 Å². The van der Waals surface area contributed by atoms with Gasteiger partial charge in [0.15, 0.2) is 6.29 Å². The SMILES string of the molecule is CC(=O)OC[C@H]1O[C@H](O[C@@H]2C[C@H](C(C)C)CC=C2C)C=C[C@@H]1OC(C)=O. The van der Waals surface area contributed by atoms with Gasteiger partial charge in [-0.15, -0.1) is 0 Å². The van der Waals surface area contributed by atoms with Crippen molar-refractivity contribution < 1.29 is 28.5 Å². The molecule has 2 aliphatic rings. The smallest absolute Gasteiger partial charge is 0.303 e. The van der Waals surface area contributed by atoms with Gasteiger partial charge in [0.1, 0.15) is 18.8 Å². The number of carbonyl (C=O) groups excluding carboxylic acids is 2. The van der Waals surface area contributed by atoms with Crippen LogP contribution in [0.25, 0.3) is 0 Å². The molecule has 0 aromatic carbocycles. The van der Waals surface area contributed by atoms with Gasteiger partial charge in [-0.3, -0.25) is 9.59 Å². The average molecular weight is 366 g/mol. The van der Waals surface area contributed by atoms with E-state index < -0.39 is 30.4 Å². The Morgan fingerprint density at radius 3 is 2.58 bits per heavy atom. The molecule has 1 heterocycles. The molecule has 0 spiro atoms.